The predicted octanol–water partition coefficient (Wildman–Crippen LogP) is 3.39. The normalized spacial score (nSPS) is 10.3. The molecule has 94 valence electrons. The summed E-state index contributed by atoms with van der Waals surface area (Å²) in [6.45, 7) is 2.82. The number of anilines is 1. The van der Waals surface area contributed by atoms with Crippen LogP contribution in [0.5, 0.6) is 0 Å². The maximum absolute atomic E-state index is 5.81. The number of nitrogens with one attached hydrogen (secondary N) is 1. The molecule has 1 N–H and O–H groups in total. The highest BCUT2D eigenvalue weighted by Gasteiger charge is 1.98. The quantitative estimate of drug-likeness (QED) is 0.839. The summed E-state index contributed by atoms with van der Waals surface area (Å²) in [7, 11) is 0. The molecule has 0 radical (unpaired) electrons. The Bertz CT molecular complexity index is 466. The number of rotatable bonds is 5. The van der Waals surface area contributed by atoms with Gasteiger partial charge in [0.1, 0.15) is 12.1 Å². The highest BCUT2D eigenvalue weighted by molar-refractivity contribution is 6.17. The fraction of sp³-hybridized carbons (Fsp3) is 0.286. The van der Waals surface area contributed by atoms with Crippen molar-refractivity contribution in [3.63, 3.8) is 0 Å². The molecule has 4 heteroatoms. The lowest BCUT2D eigenvalue weighted by atomic mass is 10.1. The third-order valence-corrected chi connectivity index (χ3v) is 3.01. The topological polar surface area (TPSA) is 37.8 Å². The molecule has 0 aliphatic heterocycles. The molecule has 1 heterocycles. The van der Waals surface area contributed by atoms with Gasteiger partial charge in [0, 0.05) is 24.2 Å². The van der Waals surface area contributed by atoms with Crippen LogP contribution in [0.2, 0.25) is 0 Å². The zero-order valence-electron chi connectivity index (χ0n) is 10.4. The summed E-state index contributed by atoms with van der Waals surface area (Å²) in [6, 6.07) is 10.2. The third kappa shape index (κ3) is 3.44. The fourth-order valence-corrected chi connectivity index (χ4v) is 1.87. The van der Waals surface area contributed by atoms with E-state index in [-0.39, 0.29) is 0 Å². The van der Waals surface area contributed by atoms with Crippen LogP contribution in [0.3, 0.4) is 0 Å². The lowest BCUT2D eigenvalue weighted by Crippen LogP contribution is -2.03. The van der Waals surface area contributed by atoms with Crippen molar-refractivity contribution < 1.29 is 0 Å². The van der Waals surface area contributed by atoms with Crippen LogP contribution in [0.1, 0.15) is 23.7 Å². The molecule has 0 amide bonds. The van der Waals surface area contributed by atoms with E-state index in [4.69, 9.17) is 11.6 Å². The molecule has 0 unspecified atom stereocenters. The van der Waals surface area contributed by atoms with Crippen molar-refractivity contribution in [2.24, 2.45) is 0 Å². The first-order valence-corrected chi connectivity index (χ1v) is 6.54. The van der Waals surface area contributed by atoms with Crippen LogP contribution in [0.15, 0.2) is 36.7 Å². The van der Waals surface area contributed by atoms with E-state index < -0.39 is 0 Å². The van der Waals surface area contributed by atoms with Crippen LogP contribution in [0.25, 0.3) is 0 Å². The van der Waals surface area contributed by atoms with Crippen LogP contribution < -0.4 is 5.32 Å². The van der Waals surface area contributed by atoms with Gasteiger partial charge in [-0.05, 0) is 17.5 Å². The molecule has 2 aromatic rings. The van der Waals surface area contributed by atoms with Crippen LogP contribution in [0.4, 0.5) is 5.82 Å². The number of halogens is 1. The van der Waals surface area contributed by atoms with Crippen molar-refractivity contribution in [1.82, 2.24) is 9.97 Å². The Morgan fingerprint density at radius 2 is 2.00 bits per heavy atom. The number of aryl methyl sites for hydroxylation is 1. The molecule has 1 aromatic carbocycles. The smallest absolute Gasteiger partial charge is 0.129 e. The molecule has 0 atom stereocenters. The number of hydrogen-bond acceptors (Lipinski definition) is 3. The number of hydrogen-bond donors (Lipinski definition) is 1. The summed E-state index contributed by atoms with van der Waals surface area (Å²) < 4.78 is 0. The maximum atomic E-state index is 5.81. The summed E-state index contributed by atoms with van der Waals surface area (Å²) in [4.78, 5) is 8.37. The van der Waals surface area contributed by atoms with Crippen molar-refractivity contribution in [3.05, 3.63) is 53.5 Å². The molecule has 18 heavy (non-hydrogen) atoms. The molecular formula is C14H16ClN3. The van der Waals surface area contributed by atoms with Gasteiger partial charge in [0.15, 0.2) is 0 Å². The van der Waals surface area contributed by atoms with Gasteiger partial charge >= 0.3 is 0 Å². The van der Waals surface area contributed by atoms with Crippen molar-refractivity contribution in [2.75, 3.05) is 5.32 Å². The molecular weight excluding hydrogens is 246 g/mol. The fourth-order valence-electron chi connectivity index (χ4n) is 1.70. The molecule has 0 spiro atoms. The van der Waals surface area contributed by atoms with Crippen LogP contribution in [-0.4, -0.2) is 9.97 Å². The van der Waals surface area contributed by atoms with Crippen molar-refractivity contribution >= 4 is 17.4 Å². The first kappa shape index (κ1) is 12.8. The second kappa shape index (κ2) is 6.36. The monoisotopic (exact) mass is 261 g/mol. The molecule has 0 saturated carbocycles. The summed E-state index contributed by atoms with van der Waals surface area (Å²) in [5, 5.41) is 3.29. The minimum atomic E-state index is 0.543. The van der Waals surface area contributed by atoms with E-state index in [0.29, 0.717) is 5.88 Å². The second-order valence-corrected chi connectivity index (χ2v) is 4.32. The average molecular weight is 262 g/mol. The van der Waals surface area contributed by atoms with Crippen molar-refractivity contribution in [2.45, 2.75) is 25.8 Å². The van der Waals surface area contributed by atoms with E-state index in [9.17, 15) is 0 Å². The average Bonchev–Trinajstić information content (AvgIpc) is 2.45. The SMILES string of the molecule is CCc1cc(NCc2cccc(CCl)c2)ncn1. The van der Waals surface area contributed by atoms with Crippen LogP contribution in [0, 0.1) is 0 Å². The van der Waals surface area contributed by atoms with Crippen molar-refractivity contribution in [3.8, 4) is 0 Å². The molecule has 3 nitrogen and oxygen atoms in total. The second-order valence-electron chi connectivity index (χ2n) is 4.06. The number of alkyl halides is 1. The van der Waals surface area contributed by atoms with E-state index >= 15 is 0 Å². The van der Waals surface area contributed by atoms with Gasteiger partial charge < -0.3 is 5.32 Å². The maximum Gasteiger partial charge on any atom is 0.129 e. The Morgan fingerprint density at radius 3 is 2.78 bits per heavy atom. The van der Waals surface area contributed by atoms with E-state index in [1.54, 1.807) is 6.33 Å². The Balaban J connectivity index is 2.01. The van der Waals surface area contributed by atoms with Gasteiger partial charge in [-0.1, -0.05) is 31.2 Å². The standard InChI is InChI=1S/C14H16ClN3/c1-2-13-7-14(18-10-17-13)16-9-12-5-3-4-11(6-12)8-15/h3-7,10H,2,8-9H2,1H3,(H,16,17,18). The van der Waals surface area contributed by atoms with Crippen molar-refractivity contribution in [1.29, 1.82) is 0 Å². The van der Waals surface area contributed by atoms with Crippen LogP contribution in [-0.2, 0) is 18.8 Å². The summed E-state index contributed by atoms with van der Waals surface area (Å²) in [5.74, 6) is 1.40. The van der Waals surface area contributed by atoms with Gasteiger partial charge in [0.2, 0.25) is 0 Å². The molecule has 2 rings (SSSR count). The summed E-state index contributed by atoms with van der Waals surface area (Å²) >= 11 is 5.81. The number of benzene rings is 1. The zero-order valence-corrected chi connectivity index (χ0v) is 11.1. The zero-order chi connectivity index (χ0) is 12.8. The number of aromatic nitrogens is 2. The molecule has 0 fully saturated rings. The van der Waals surface area contributed by atoms with Gasteiger partial charge in [0.05, 0.1) is 0 Å². The summed E-state index contributed by atoms with van der Waals surface area (Å²) in [6.07, 6.45) is 2.51. The molecule has 0 aliphatic carbocycles. The molecule has 0 bridgehead atoms. The minimum absolute atomic E-state index is 0.543. The lowest BCUT2D eigenvalue weighted by molar-refractivity contribution is 0.986. The molecule has 0 saturated heterocycles. The van der Waals surface area contributed by atoms with E-state index in [2.05, 4.69) is 34.3 Å². The van der Waals surface area contributed by atoms with E-state index in [1.165, 1.54) is 5.56 Å². The van der Waals surface area contributed by atoms with Gasteiger partial charge in [-0.15, -0.1) is 11.6 Å². The number of nitrogens with zero attached hydrogens (tertiary/aromatic N) is 2. The van der Waals surface area contributed by atoms with Gasteiger partial charge in [-0.2, -0.15) is 0 Å². The Kier molecular flexibility index (Phi) is 4.53. The Hall–Kier alpha value is -1.61. The van der Waals surface area contributed by atoms with E-state index in [1.807, 2.05) is 18.2 Å². The third-order valence-electron chi connectivity index (χ3n) is 2.71. The predicted molar refractivity (Wildman–Crippen MR) is 74.7 cm³/mol. The van der Waals surface area contributed by atoms with Crippen LogP contribution >= 0.6 is 11.6 Å². The Labute approximate surface area is 112 Å². The summed E-state index contributed by atoms with van der Waals surface area (Å²) in [5.41, 5.74) is 3.37. The minimum Gasteiger partial charge on any atom is -0.366 e. The first-order chi connectivity index (χ1) is 8.81. The van der Waals surface area contributed by atoms with Gasteiger partial charge in [0.25, 0.3) is 0 Å². The molecule has 1 aromatic heterocycles. The largest absolute Gasteiger partial charge is 0.366 e. The lowest BCUT2D eigenvalue weighted by Gasteiger charge is -2.07. The Morgan fingerprint density at radius 1 is 1.17 bits per heavy atom. The molecule has 0 aliphatic rings. The highest BCUT2D eigenvalue weighted by Crippen LogP contribution is 2.10. The highest BCUT2D eigenvalue weighted by atomic mass is 35.5. The van der Waals surface area contributed by atoms with E-state index in [0.717, 1.165) is 30.0 Å². The first-order valence-electron chi connectivity index (χ1n) is 6.00. The van der Waals surface area contributed by atoms with Gasteiger partial charge in [-0.25, -0.2) is 9.97 Å². The van der Waals surface area contributed by atoms with Gasteiger partial charge in [-0.3, -0.25) is 0 Å².